The number of hydrogen-bond acceptors (Lipinski definition) is 1. The van der Waals surface area contributed by atoms with Gasteiger partial charge in [-0.1, -0.05) is 51.5 Å². The van der Waals surface area contributed by atoms with Gasteiger partial charge in [0.25, 0.3) is 0 Å². The summed E-state index contributed by atoms with van der Waals surface area (Å²) in [6, 6.07) is 8.85. The highest BCUT2D eigenvalue weighted by molar-refractivity contribution is 5.55. The standard InChI is InChI=1S/C18H23N/c1-4-12-18(2,3)16-10-9-11-17(15-16)19-13-7-5-6-8-14-19/h5-11,13-15H,4,12H2,1-3H3. The molecule has 0 bridgehead atoms. The van der Waals surface area contributed by atoms with Crippen LogP contribution in [0.5, 0.6) is 0 Å². The molecule has 0 aliphatic carbocycles. The van der Waals surface area contributed by atoms with E-state index in [2.05, 4.69) is 74.5 Å². The van der Waals surface area contributed by atoms with Crippen LogP contribution in [-0.2, 0) is 5.41 Å². The minimum atomic E-state index is 0.238. The summed E-state index contributed by atoms with van der Waals surface area (Å²) in [5, 5.41) is 0. The van der Waals surface area contributed by atoms with Crippen LogP contribution < -0.4 is 4.90 Å². The molecule has 0 saturated heterocycles. The van der Waals surface area contributed by atoms with Crippen molar-refractivity contribution in [3.8, 4) is 0 Å². The number of rotatable bonds is 4. The molecule has 0 unspecified atom stereocenters. The van der Waals surface area contributed by atoms with Gasteiger partial charge in [-0.15, -0.1) is 0 Å². The molecule has 2 rings (SSSR count). The predicted octanol–water partition coefficient (Wildman–Crippen LogP) is 5.17. The second-order valence-electron chi connectivity index (χ2n) is 5.66. The van der Waals surface area contributed by atoms with E-state index in [1.165, 1.54) is 24.1 Å². The Labute approximate surface area is 116 Å². The SMILES string of the molecule is CCCC(C)(C)c1cccc(N2C=CC=CC=C2)c1. The van der Waals surface area contributed by atoms with Crippen molar-refractivity contribution in [1.29, 1.82) is 0 Å². The van der Waals surface area contributed by atoms with Crippen LogP contribution in [0.25, 0.3) is 0 Å². The van der Waals surface area contributed by atoms with E-state index in [0.717, 1.165) is 0 Å². The van der Waals surface area contributed by atoms with Crippen molar-refractivity contribution in [2.75, 3.05) is 4.90 Å². The van der Waals surface area contributed by atoms with Gasteiger partial charge in [-0.2, -0.15) is 0 Å². The zero-order chi connectivity index (χ0) is 13.7. The summed E-state index contributed by atoms with van der Waals surface area (Å²) in [6.45, 7) is 6.90. The van der Waals surface area contributed by atoms with Crippen LogP contribution in [0.1, 0.15) is 39.2 Å². The van der Waals surface area contributed by atoms with Gasteiger partial charge in [0.1, 0.15) is 0 Å². The van der Waals surface area contributed by atoms with E-state index in [0.29, 0.717) is 0 Å². The highest BCUT2D eigenvalue weighted by atomic mass is 15.1. The molecule has 0 N–H and O–H groups in total. The lowest BCUT2D eigenvalue weighted by atomic mass is 9.80. The first kappa shape index (κ1) is 13.7. The molecule has 0 spiro atoms. The van der Waals surface area contributed by atoms with E-state index >= 15 is 0 Å². The van der Waals surface area contributed by atoms with Gasteiger partial charge in [0.15, 0.2) is 0 Å². The molecule has 1 aliphatic heterocycles. The molecule has 19 heavy (non-hydrogen) atoms. The van der Waals surface area contributed by atoms with Gasteiger partial charge in [-0.25, -0.2) is 0 Å². The molecule has 0 amide bonds. The Morgan fingerprint density at radius 1 is 1.00 bits per heavy atom. The van der Waals surface area contributed by atoms with Gasteiger partial charge in [-0.3, -0.25) is 0 Å². The van der Waals surface area contributed by atoms with Crippen LogP contribution in [0, 0.1) is 0 Å². The summed E-state index contributed by atoms with van der Waals surface area (Å²) in [5.41, 5.74) is 2.87. The molecular formula is C18H23N. The molecule has 0 atom stereocenters. The van der Waals surface area contributed by atoms with E-state index in [1.807, 2.05) is 12.2 Å². The third-order valence-corrected chi connectivity index (χ3v) is 3.63. The number of anilines is 1. The number of hydrogen-bond donors (Lipinski definition) is 0. The first-order valence-electron chi connectivity index (χ1n) is 7.04. The molecular weight excluding hydrogens is 230 g/mol. The molecule has 0 aromatic heterocycles. The van der Waals surface area contributed by atoms with E-state index in [-0.39, 0.29) is 5.41 Å². The van der Waals surface area contributed by atoms with E-state index < -0.39 is 0 Å². The molecule has 1 nitrogen and oxygen atoms in total. The largest absolute Gasteiger partial charge is 0.324 e. The molecule has 0 radical (unpaired) electrons. The zero-order valence-electron chi connectivity index (χ0n) is 12.1. The maximum Gasteiger partial charge on any atom is 0.0452 e. The van der Waals surface area contributed by atoms with E-state index in [9.17, 15) is 0 Å². The summed E-state index contributed by atoms with van der Waals surface area (Å²) in [4.78, 5) is 2.16. The zero-order valence-corrected chi connectivity index (χ0v) is 12.1. The Bertz CT molecular complexity index is 490. The quantitative estimate of drug-likeness (QED) is 0.715. The van der Waals surface area contributed by atoms with Gasteiger partial charge < -0.3 is 4.90 Å². The van der Waals surface area contributed by atoms with E-state index in [1.54, 1.807) is 0 Å². The average molecular weight is 253 g/mol. The Balaban J connectivity index is 2.29. The van der Waals surface area contributed by atoms with Crippen molar-refractivity contribution in [1.82, 2.24) is 0 Å². The van der Waals surface area contributed by atoms with Crippen LogP contribution >= 0.6 is 0 Å². The fourth-order valence-corrected chi connectivity index (χ4v) is 2.49. The summed E-state index contributed by atoms with van der Waals surface area (Å²) in [6.07, 6.45) is 14.8. The van der Waals surface area contributed by atoms with Gasteiger partial charge in [0, 0.05) is 18.1 Å². The lowest BCUT2D eigenvalue weighted by Crippen LogP contribution is -2.17. The Morgan fingerprint density at radius 3 is 2.32 bits per heavy atom. The maximum absolute atomic E-state index is 2.32. The minimum absolute atomic E-state index is 0.238. The van der Waals surface area contributed by atoms with Crippen molar-refractivity contribution in [3.63, 3.8) is 0 Å². The van der Waals surface area contributed by atoms with Gasteiger partial charge in [0.2, 0.25) is 0 Å². The Kier molecular flexibility index (Phi) is 4.26. The smallest absolute Gasteiger partial charge is 0.0452 e. The number of allylic oxidation sites excluding steroid dienone is 4. The minimum Gasteiger partial charge on any atom is -0.324 e. The molecule has 1 aliphatic rings. The summed E-state index contributed by atoms with van der Waals surface area (Å²) in [5.74, 6) is 0. The average Bonchev–Trinajstić information content (AvgIpc) is 2.68. The normalized spacial score (nSPS) is 14.8. The third-order valence-electron chi connectivity index (χ3n) is 3.63. The topological polar surface area (TPSA) is 3.24 Å². The highest BCUT2D eigenvalue weighted by Crippen LogP contribution is 2.31. The fourth-order valence-electron chi connectivity index (χ4n) is 2.49. The second kappa shape index (κ2) is 5.92. The molecule has 1 aromatic carbocycles. The second-order valence-corrected chi connectivity index (χ2v) is 5.66. The molecule has 1 aromatic rings. The van der Waals surface area contributed by atoms with Crippen LogP contribution in [0.2, 0.25) is 0 Å². The van der Waals surface area contributed by atoms with Gasteiger partial charge >= 0.3 is 0 Å². The van der Waals surface area contributed by atoms with Crippen molar-refractivity contribution in [3.05, 3.63) is 66.5 Å². The molecule has 0 fully saturated rings. The van der Waals surface area contributed by atoms with Crippen molar-refractivity contribution >= 4 is 5.69 Å². The van der Waals surface area contributed by atoms with Gasteiger partial charge in [0.05, 0.1) is 0 Å². The fraction of sp³-hybridized carbons (Fsp3) is 0.333. The van der Waals surface area contributed by atoms with Crippen molar-refractivity contribution < 1.29 is 0 Å². The van der Waals surface area contributed by atoms with Crippen LogP contribution in [-0.4, -0.2) is 0 Å². The molecule has 1 heteroatoms. The number of nitrogens with zero attached hydrogens (tertiary/aromatic N) is 1. The van der Waals surface area contributed by atoms with E-state index in [4.69, 9.17) is 0 Å². The maximum atomic E-state index is 2.32. The predicted molar refractivity (Wildman–Crippen MR) is 84.3 cm³/mol. The van der Waals surface area contributed by atoms with Crippen molar-refractivity contribution in [2.45, 2.75) is 39.0 Å². The van der Waals surface area contributed by atoms with Crippen LogP contribution in [0.3, 0.4) is 0 Å². The summed E-state index contributed by atoms with van der Waals surface area (Å²) < 4.78 is 0. The lowest BCUT2D eigenvalue weighted by Gasteiger charge is -2.26. The number of benzene rings is 1. The Morgan fingerprint density at radius 2 is 1.68 bits per heavy atom. The monoisotopic (exact) mass is 253 g/mol. The van der Waals surface area contributed by atoms with Crippen LogP contribution in [0.4, 0.5) is 5.69 Å². The Hall–Kier alpha value is -1.76. The third kappa shape index (κ3) is 3.37. The summed E-state index contributed by atoms with van der Waals surface area (Å²) >= 11 is 0. The molecule has 100 valence electrons. The van der Waals surface area contributed by atoms with Gasteiger partial charge in [-0.05, 0) is 41.7 Å². The summed E-state index contributed by atoms with van der Waals surface area (Å²) in [7, 11) is 0. The lowest BCUT2D eigenvalue weighted by molar-refractivity contribution is 0.473. The molecule has 0 saturated carbocycles. The first-order valence-corrected chi connectivity index (χ1v) is 7.04. The highest BCUT2D eigenvalue weighted by Gasteiger charge is 2.19. The molecule has 1 heterocycles. The first-order chi connectivity index (χ1) is 9.13. The van der Waals surface area contributed by atoms with Crippen molar-refractivity contribution in [2.24, 2.45) is 0 Å². The van der Waals surface area contributed by atoms with Crippen LogP contribution in [0.15, 0.2) is 61.0 Å².